The second-order valence-electron chi connectivity index (χ2n) is 3.70. The van der Waals surface area contributed by atoms with Crippen molar-refractivity contribution in [3.05, 3.63) is 39.6 Å². The summed E-state index contributed by atoms with van der Waals surface area (Å²) >= 11 is 9.50. The first-order chi connectivity index (χ1) is 8.61. The van der Waals surface area contributed by atoms with Crippen molar-refractivity contribution in [1.82, 2.24) is 9.97 Å². The molecule has 0 aliphatic carbocycles. The Hall–Kier alpha value is -1.33. The first kappa shape index (κ1) is 13.1. The van der Waals surface area contributed by atoms with Gasteiger partial charge in [0.25, 0.3) is 0 Å². The molecule has 18 heavy (non-hydrogen) atoms. The van der Waals surface area contributed by atoms with Crippen LogP contribution in [0.25, 0.3) is 0 Å². The summed E-state index contributed by atoms with van der Waals surface area (Å²) in [4.78, 5) is 7.91. The predicted molar refractivity (Wildman–Crippen MR) is 78.3 cm³/mol. The van der Waals surface area contributed by atoms with Gasteiger partial charge in [-0.15, -0.1) is 0 Å². The van der Waals surface area contributed by atoms with Crippen molar-refractivity contribution in [3.8, 4) is 0 Å². The molecule has 0 atom stereocenters. The maximum absolute atomic E-state index is 6.05. The van der Waals surface area contributed by atoms with Gasteiger partial charge in [-0.05, 0) is 30.2 Å². The third-order valence-electron chi connectivity index (χ3n) is 2.52. The zero-order chi connectivity index (χ0) is 13.1. The molecule has 0 fully saturated rings. The lowest BCUT2D eigenvalue weighted by molar-refractivity contribution is 1.13. The number of rotatable bonds is 3. The number of anilines is 3. The van der Waals surface area contributed by atoms with Crippen molar-refractivity contribution in [1.29, 1.82) is 0 Å². The first-order valence-corrected chi connectivity index (χ1v) is 6.60. The fourth-order valence-electron chi connectivity index (χ4n) is 1.57. The van der Waals surface area contributed by atoms with Crippen LogP contribution in [0.1, 0.15) is 12.5 Å². The van der Waals surface area contributed by atoms with Crippen LogP contribution in [0.15, 0.2) is 29.0 Å². The topological polar surface area (TPSA) is 63.8 Å². The van der Waals surface area contributed by atoms with E-state index in [1.165, 1.54) is 6.33 Å². The fraction of sp³-hybridized carbons (Fsp3) is 0.167. The van der Waals surface area contributed by atoms with Crippen molar-refractivity contribution < 1.29 is 0 Å². The van der Waals surface area contributed by atoms with Crippen LogP contribution >= 0.6 is 27.5 Å². The van der Waals surface area contributed by atoms with E-state index in [9.17, 15) is 0 Å². The highest BCUT2D eigenvalue weighted by Crippen LogP contribution is 2.29. The number of nitrogens with one attached hydrogen (secondary N) is 1. The molecule has 0 amide bonds. The maximum Gasteiger partial charge on any atom is 0.154 e. The third kappa shape index (κ3) is 2.73. The standard InChI is InChI=1S/C12H12BrClN4/c1-2-7-5-8(13)3-4-9(7)18-12-10(14)11(15)16-6-17-12/h3-6H,2H2,1H3,(H3,15,16,17,18). The highest BCUT2D eigenvalue weighted by Gasteiger charge is 2.08. The second kappa shape index (κ2) is 5.54. The molecule has 0 saturated heterocycles. The van der Waals surface area contributed by atoms with Gasteiger partial charge < -0.3 is 11.1 Å². The van der Waals surface area contributed by atoms with Gasteiger partial charge in [0.05, 0.1) is 0 Å². The van der Waals surface area contributed by atoms with Crippen LogP contribution in [-0.2, 0) is 6.42 Å². The van der Waals surface area contributed by atoms with Gasteiger partial charge in [0.2, 0.25) is 0 Å². The zero-order valence-electron chi connectivity index (χ0n) is 9.74. The molecule has 1 heterocycles. The molecule has 2 aromatic rings. The summed E-state index contributed by atoms with van der Waals surface area (Å²) < 4.78 is 1.04. The van der Waals surface area contributed by atoms with E-state index in [1.807, 2.05) is 12.1 Å². The van der Waals surface area contributed by atoms with Crippen LogP contribution in [0.2, 0.25) is 5.02 Å². The van der Waals surface area contributed by atoms with Gasteiger partial charge >= 0.3 is 0 Å². The number of benzene rings is 1. The van der Waals surface area contributed by atoms with Gasteiger partial charge in [0.15, 0.2) is 5.82 Å². The van der Waals surface area contributed by atoms with Crippen molar-refractivity contribution >= 4 is 44.9 Å². The monoisotopic (exact) mass is 326 g/mol. The largest absolute Gasteiger partial charge is 0.382 e. The molecular weight excluding hydrogens is 316 g/mol. The van der Waals surface area contributed by atoms with Crippen molar-refractivity contribution in [2.45, 2.75) is 13.3 Å². The van der Waals surface area contributed by atoms with E-state index >= 15 is 0 Å². The number of nitrogen functional groups attached to an aromatic ring is 1. The molecule has 4 nitrogen and oxygen atoms in total. The number of aromatic nitrogens is 2. The van der Waals surface area contributed by atoms with Crippen molar-refractivity contribution in [2.24, 2.45) is 0 Å². The molecule has 3 N–H and O–H groups in total. The number of nitrogens with two attached hydrogens (primary N) is 1. The Morgan fingerprint density at radius 1 is 1.39 bits per heavy atom. The molecule has 0 bridgehead atoms. The molecule has 1 aromatic carbocycles. The minimum Gasteiger partial charge on any atom is -0.382 e. The molecule has 0 unspecified atom stereocenters. The Bertz CT molecular complexity index is 574. The highest BCUT2D eigenvalue weighted by atomic mass is 79.9. The minimum absolute atomic E-state index is 0.268. The SMILES string of the molecule is CCc1cc(Br)ccc1Nc1ncnc(N)c1Cl. The Labute approximate surface area is 119 Å². The summed E-state index contributed by atoms with van der Waals surface area (Å²) in [7, 11) is 0. The average Bonchev–Trinajstić information content (AvgIpc) is 2.37. The Kier molecular flexibility index (Phi) is 4.04. The first-order valence-electron chi connectivity index (χ1n) is 5.43. The quantitative estimate of drug-likeness (QED) is 0.900. The number of nitrogens with zero attached hydrogens (tertiary/aromatic N) is 2. The lowest BCUT2D eigenvalue weighted by Gasteiger charge is -2.12. The second-order valence-corrected chi connectivity index (χ2v) is 5.00. The maximum atomic E-state index is 6.05. The molecular formula is C12H12BrClN4. The predicted octanol–water partition coefficient (Wildman–Crippen LogP) is 3.78. The number of hydrogen-bond donors (Lipinski definition) is 2. The van der Waals surface area contributed by atoms with Gasteiger partial charge in [-0.2, -0.15) is 0 Å². The normalized spacial score (nSPS) is 10.4. The smallest absolute Gasteiger partial charge is 0.154 e. The molecule has 94 valence electrons. The van der Waals surface area contributed by atoms with Gasteiger partial charge in [-0.3, -0.25) is 0 Å². The van der Waals surface area contributed by atoms with E-state index in [2.05, 4.69) is 44.2 Å². The van der Waals surface area contributed by atoms with Crippen molar-refractivity contribution in [3.63, 3.8) is 0 Å². The van der Waals surface area contributed by atoms with Crippen LogP contribution in [0.5, 0.6) is 0 Å². The van der Waals surface area contributed by atoms with Gasteiger partial charge in [-0.25, -0.2) is 9.97 Å². The number of halogens is 2. The van der Waals surface area contributed by atoms with E-state index < -0.39 is 0 Å². The van der Waals surface area contributed by atoms with Gasteiger partial charge in [0.1, 0.15) is 17.2 Å². The molecule has 6 heteroatoms. The zero-order valence-corrected chi connectivity index (χ0v) is 12.1. The highest BCUT2D eigenvalue weighted by molar-refractivity contribution is 9.10. The molecule has 0 spiro atoms. The molecule has 2 rings (SSSR count). The summed E-state index contributed by atoms with van der Waals surface area (Å²) in [5, 5.41) is 3.51. The van der Waals surface area contributed by atoms with Crippen LogP contribution in [-0.4, -0.2) is 9.97 Å². The van der Waals surface area contributed by atoms with Crippen LogP contribution in [0, 0.1) is 0 Å². The molecule has 0 aliphatic heterocycles. The summed E-state index contributed by atoms with van der Waals surface area (Å²) in [6.45, 7) is 2.09. The molecule has 0 aliphatic rings. The average molecular weight is 328 g/mol. The van der Waals surface area contributed by atoms with E-state index in [-0.39, 0.29) is 5.82 Å². The lowest BCUT2D eigenvalue weighted by atomic mass is 10.1. The van der Waals surface area contributed by atoms with Crippen molar-refractivity contribution in [2.75, 3.05) is 11.1 Å². The Balaban J connectivity index is 2.37. The van der Waals surface area contributed by atoms with E-state index in [1.54, 1.807) is 0 Å². The molecule has 0 saturated carbocycles. The number of aryl methyl sites for hydroxylation is 1. The van der Waals surface area contributed by atoms with E-state index in [0.717, 1.165) is 22.1 Å². The summed E-state index contributed by atoms with van der Waals surface area (Å²) in [5.74, 6) is 0.783. The van der Waals surface area contributed by atoms with Crippen LogP contribution in [0.4, 0.5) is 17.3 Å². The van der Waals surface area contributed by atoms with E-state index in [4.69, 9.17) is 17.3 Å². The summed E-state index contributed by atoms with van der Waals surface area (Å²) in [6.07, 6.45) is 2.29. The Morgan fingerprint density at radius 3 is 2.89 bits per heavy atom. The Morgan fingerprint density at radius 2 is 2.17 bits per heavy atom. The lowest BCUT2D eigenvalue weighted by Crippen LogP contribution is -2.01. The van der Waals surface area contributed by atoms with Crippen LogP contribution in [0.3, 0.4) is 0 Å². The van der Waals surface area contributed by atoms with E-state index in [0.29, 0.717) is 10.8 Å². The minimum atomic E-state index is 0.268. The fourth-order valence-corrected chi connectivity index (χ4v) is 2.13. The molecule has 1 aromatic heterocycles. The van der Waals surface area contributed by atoms with Crippen LogP contribution < -0.4 is 11.1 Å². The van der Waals surface area contributed by atoms with Gasteiger partial charge in [-0.1, -0.05) is 34.5 Å². The summed E-state index contributed by atoms with van der Waals surface area (Å²) in [6, 6.07) is 5.98. The third-order valence-corrected chi connectivity index (χ3v) is 3.38. The molecule has 0 radical (unpaired) electrons. The summed E-state index contributed by atoms with van der Waals surface area (Å²) in [5.41, 5.74) is 7.76. The number of hydrogen-bond acceptors (Lipinski definition) is 4. The van der Waals surface area contributed by atoms with Gasteiger partial charge in [0, 0.05) is 10.2 Å².